The number of furan rings is 1. The normalized spacial score (nSPS) is 11.0. The number of rotatable bonds is 8. The fourth-order valence-electron chi connectivity index (χ4n) is 2.20. The molecule has 4 aromatic rings. The molecule has 0 saturated carbocycles. The molecule has 0 unspecified atom stereocenters. The SMILES string of the molecule is COc1ccc(CSc2nnc(SCc3csc(-c4ccco4)n3)s2)cc1. The molecule has 4 rings (SSSR count). The summed E-state index contributed by atoms with van der Waals surface area (Å²) in [6, 6.07) is 11.9. The van der Waals surface area contributed by atoms with Gasteiger partial charge in [0, 0.05) is 16.9 Å². The van der Waals surface area contributed by atoms with Crippen molar-refractivity contribution in [2.45, 2.75) is 20.2 Å². The highest BCUT2D eigenvalue weighted by Gasteiger charge is 2.10. The fourth-order valence-corrected chi connectivity index (χ4v) is 5.96. The van der Waals surface area contributed by atoms with Crippen molar-refractivity contribution in [1.82, 2.24) is 15.2 Å². The first-order chi connectivity index (χ1) is 13.3. The van der Waals surface area contributed by atoms with Crippen LogP contribution >= 0.6 is 46.2 Å². The molecule has 0 aliphatic carbocycles. The summed E-state index contributed by atoms with van der Waals surface area (Å²) in [5, 5.41) is 11.5. The number of ether oxygens (including phenoxy) is 1. The summed E-state index contributed by atoms with van der Waals surface area (Å²) in [5.41, 5.74) is 2.26. The molecule has 138 valence electrons. The average molecular weight is 434 g/mol. The van der Waals surface area contributed by atoms with E-state index in [-0.39, 0.29) is 0 Å². The van der Waals surface area contributed by atoms with Crippen LogP contribution in [0.25, 0.3) is 10.8 Å². The van der Waals surface area contributed by atoms with E-state index in [1.54, 1.807) is 59.6 Å². The Morgan fingerprint density at radius 1 is 1.04 bits per heavy atom. The average Bonchev–Trinajstić information content (AvgIpc) is 3.46. The second kappa shape index (κ2) is 8.92. The van der Waals surface area contributed by atoms with Crippen molar-refractivity contribution in [2.75, 3.05) is 7.11 Å². The Kier molecular flexibility index (Phi) is 6.13. The van der Waals surface area contributed by atoms with Gasteiger partial charge in [0.15, 0.2) is 19.4 Å². The van der Waals surface area contributed by atoms with Crippen molar-refractivity contribution in [3.8, 4) is 16.5 Å². The molecule has 5 nitrogen and oxygen atoms in total. The Hall–Kier alpha value is -1.81. The van der Waals surface area contributed by atoms with Gasteiger partial charge in [-0.1, -0.05) is 47.0 Å². The summed E-state index contributed by atoms with van der Waals surface area (Å²) in [4.78, 5) is 4.61. The maximum absolute atomic E-state index is 5.39. The van der Waals surface area contributed by atoms with Crippen molar-refractivity contribution < 1.29 is 9.15 Å². The molecule has 0 fully saturated rings. The van der Waals surface area contributed by atoms with Crippen LogP contribution < -0.4 is 4.74 Å². The van der Waals surface area contributed by atoms with Crippen molar-refractivity contribution in [3.05, 3.63) is 59.3 Å². The van der Waals surface area contributed by atoms with E-state index in [1.807, 2.05) is 24.3 Å². The standard InChI is InChI=1S/C18H15N3O2S4/c1-22-14-6-4-12(5-7-14)9-25-17-20-21-18(27-17)26-11-13-10-24-16(19-13)15-3-2-8-23-15/h2-8,10H,9,11H2,1H3. The fraction of sp³-hybridized carbons (Fsp3) is 0.167. The van der Waals surface area contributed by atoms with E-state index < -0.39 is 0 Å². The lowest BCUT2D eigenvalue weighted by Gasteiger charge is -2.01. The number of hydrogen-bond acceptors (Lipinski definition) is 9. The summed E-state index contributed by atoms with van der Waals surface area (Å²) in [7, 11) is 1.67. The van der Waals surface area contributed by atoms with Crippen molar-refractivity contribution >= 4 is 46.2 Å². The summed E-state index contributed by atoms with van der Waals surface area (Å²) in [5.74, 6) is 3.32. The first kappa shape index (κ1) is 18.5. The third-order valence-electron chi connectivity index (χ3n) is 3.54. The van der Waals surface area contributed by atoms with Gasteiger partial charge in [0.2, 0.25) is 0 Å². The van der Waals surface area contributed by atoms with Crippen LogP contribution in [0.1, 0.15) is 11.3 Å². The van der Waals surface area contributed by atoms with E-state index in [0.717, 1.165) is 42.4 Å². The summed E-state index contributed by atoms with van der Waals surface area (Å²) in [6.07, 6.45) is 1.66. The molecular weight excluding hydrogens is 418 g/mol. The van der Waals surface area contributed by atoms with Crippen LogP contribution in [0, 0.1) is 0 Å². The van der Waals surface area contributed by atoms with Crippen molar-refractivity contribution in [3.63, 3.8) is 0 Å². The summed E-state index contributed by atoms with van der Waals surface area (Å²) >= 11 is 6.57. The van der Waals surface area contributed by atoms with Crippen molar-refractivity contribution in [1.29, 1.82) is 0 Å². The van der Waals surface area contributed by atoms with Gasteiger partial charge in [0.1, 0.15) is 5.75 Å². The molecule has 0 N–H and O–H groups in total. The third kappa shape index (κ3) is 4.92. The van der Waals surface area contributed by atoms with E-state index in [1.165, 1.54) is 5.56 Å². The van der Waals surface area contributed by atoms with Gasteiger partial charge in [-0.15, -0.1) is 21.5 Å². The van der Waals surface area contributed by atoms with Crippen molar-refractivity contribution in [2.24, 2.45) is 0 Å². The highest BCUT2D eigenvalue weighted by Crippen LogP contribution is 2.33. The maximum atomic E-state index is 5.39. The Balaban J connectivity index is 1.29. The van der Waals surface area contributed by atoms with Crippen LogP contribution in [0.15, 0.2) is 61.1 Å². The molecule has 9 heteroatoms. The molecule has 0 aliphatic heterocycles. The molecular formula is C18H15N3O2S4. The number of methoxy groups -OCH3 is 1. The Labute approximate surface area is 173 Å². The molecule has 27 heavy (non-hydrogen) atoms. The molecule has 1 aromatic carbocycles. The smallest absolute Gasteiger partial charge is 0.175 e. The molecule has 0 bridgehead atoms. The van der Waals surface area contributed by atoms with Crippen LogP contribution in [0.5, 0.6) is 5.75 Å². The molecule has 0 amide bonds. The maximum Gasteiger partial charge on any atom is 0.175 e. The molecule has 0 radical (unpaired) electrons. The highest BCUT2D eigenvalue weighted by atomic mass is 32.2. The van der Waals surface area contributed by atoms with Gasteiger partial charge >= 0.3 is 0 Å². The number of thioether (sulfide) groups is 2. The van der Waals surface area contributed by atoms with Crippen LogP contribution in [0.4, 0.5) is 0 Å². The number of benzene rings is 1. The van der Waals surface area contributed by atoms with Crippen LogP contribution in [-0.2, 0) is 11.5 Å². The van der Waals surface area contributed by atoms with Gasteiger partial charge in [0.25, 0.3) is 0 Å². The number of aromatic nitrogens is 3. The minimum Gasteiger partial charge on any atom is -0.497 e. The molecule has 3 aromatic heterocycles. The first-order valence-electron chi connectivity index (χ1n) is 8.00. The molecule has 0 atom stereocenters. The minimum absolute atomic E-state index is 0.773. The van der Waals surface area contributed by atoms with Gasteiger partial charge in [-0.25, -0.2) is 4.98 Å². The number of hydrogen-bond donors (Lipinski definition) is 0. The van der Waals surface area contributed by atoms with E-state index in [9.17, 15) is 0 Å². The van der Waals surface area contributed by atoms with Gasteiger partial charge in [0.05, 0.1) is 19.1 Å². The van der Waals surface area contributed by atoms with E-state index in [2.05, 4.69) is 32.7 Å². The summed E-state index contributed by atoms with van der Waals surface area (Å²) in [6.45, 7) is 0. The second-order valence-corrected chi connectivity index (χ2v) is 9.66. The predicted octanol–water partition coefficient (Wildman–Crippen LogP) is 5.85. The highest BCUT2D eigenvalue weighted by molar-refractivity contribution is 8.02. The topological polar surface area (TPSA) is 61.0 Å². The minimum atomic E-state index is 0.773. The molecule has 0 aliphatic rings. The van der Waals surface area contributed by atoms with Gasteiger partial charge in [-0.05, 0) is 29.8 Å². The number of thiazole rings is 1. The lowest BCUT2D eigenvalue weighted by Crippen LogP contribution is -1.84. The number of nitrogens with zero attached hydrogens (tertiary/aromatic N) is 3. The first-order valence-corrected chi connectivity index (χ1v) is 11.7. The van der Waals surface area contributed by atoms with E-state index in [0.29, 0.717) is 0 Å². The molecule has 0 saturated heterocycles. The van der Waals surface area contributed by atoms with E-state index in [4.69, 9.17) is 9.15 Å². The summed E-state index contributed by atoms with van der Waals surface area (Å²) < 4.78 is 12.5. The van der Waals surface area contributed by atoms with Crippen LogP contribution in [0.3, 0.4) is 0 Å². The second-order valence-electron chi connectivity index (χ2n) is 5.38. The van der Waals surface area contributed by atoms with Gasteiger partial charge in [-0.3, -0.25) is 0 Å². The van der Waals surface area contributed by atoms with Crippen LogP contribution in [-0.4, -0.2) is 22.3 Å². The van der Waals surface area contributed by atoms with Gasteiger partial charge < -0.3 is 9.15 Å². The Bertz CT molecular complexity index is 980. The molecule has 0 spiro atoms. The quantitative estimate of drug-likeness (QED) is 0.323. The van der Waals surface area contributed by atoms with Crippen LogP contribution in [0.2, 0.25) is 0 Å². The zero-order valence-corrected chi connectivity index (χ0v) is 17.6. The third-order valence-corrected chi connectivity index (χ3v) is 7.74. The largest absolute Gasteiger partial charge is 0.497 e. The van der Waals surface area contributed by atoms with E-state index >= 15 is 0 Å². The predicted molar refractivity (Wildman–Crippen MR) is 112 cm³/mol. The monoisotopic (exact) mass is 433 g/mol. The Morgan fingerprint density at radius 3 is 2.52 bits per heavy atom. The van der Waals surface area contributed by atoms with Gasteiger partial charge in [-0.2, -0.15) is 0 Å². The molecule has 3 heterocycles. The zero-order valence-electron chi connectivity index (χ0n) is 14.3. The lowest BCUT2D eigenvalue weighted by molar-refractivity contribution is 0.414. The Morgan fingerprint density at radius 2 is 1.81 bits per heavy atom. The lowest BCUT2D eigenvalue weighted by atomic mass is 10.2. The zero-order chi connectivity index (χ0) is 18.5.